The maximum atomic E-state index is 13.3. The first-order valence-corrected chi connectivity index (χ1v) is 10.3. The second kappa shape index (κ2) is 8.85. The molecule has 0 aliphatic rings. The lowest BCUT2D eigenvalue weighted by atomic mass is 10.1. The van der Waals surface area contributed by atoms with Gasteiger partial charge in [0.05, 0.1) is 17.3 Å². The number of anilines is 1. The van der Waals surface area contributed by atoms with Crippen molar-refractivity contribution < 1.29 is 23.1 Å². The van der Waals surface area contributed by atoms with Crippen LogP contribution in [0.1, 0.15) is 38.4 Å². The minimum absolute atomic E-state index is 0.127. The lowest BCUT2D eigenvalue weighted by Crippen LogP contribution is -2.17. The largest absolute Gasteiger partial charge is 0.435 e. The third kappa shape index (κ3) is 4.77. The Morgan fingerprint density at radius 2 is 1.97 bits per heavy atom. The summed E-state index contributed by atoms with van der Waals surface area (Å²) >= 11 is 1.26. The average Bonchev–Trinajstić information content (AvgIpc) is 3.49. The molecule has 166 valence electrons. The summed E-state index contributed by atoms with van der Waals surface area (Å²) in [7, 11) is 0. The van der Waals surface area contributed by atoms with Crippen LogP contribution in [-0.2, 0) is 6.18 Å². The highest BCUT2D eigenvalue weighted by atomic mass is 32.1. The second-order valence-electron chi connectivity index (χ2n) is 6.84. The minimum atomic E-state index is -4.77. The van der Waals surface area contributed by atoms with Gasteiger partial charge in [0.2, 0.25) is 0 Å². The number of alkyl halides is 3. The van der Waals surface area contributed by atoms with Crippen LogP contribution in [0, 0.1) is 11.3 Å². The SMILES string of the molecule is N#Cc1cccc(-n2nc(C(F)(F)F)cc2C(=O)Nc2cccc(C(O)c3nccs3)c2)c1. The summed E-state index contributed by atoms with van der Waals surface area (Å²) in [6, 6.07) is 14.6. The number of carbonyl (C=O) groups excluding carboxylic acids is 1. The molecule has 1 atom stereocenters. The molecule has 1 amide bonds. The zero-order chi connectivity index (χ0) is 23.6. The number of nitrogens with zero attached hydrogens (tertiary/aromatic N) is 4. The normalized spacial score (nSPS) is 12.2. The van der Waals surface area contributed by atoms with Gasteiger partial charge in [0.25, 0.3) is 5.91 Å². The predicted octanol–water partition coefficient (Wildman–Crippen LogP) is 4.55. The standard InChI is InChI=1S/C22H14F3N5O2S/c23-22(24,25)18-11-17(30(29-18)16-6-1-3-13(9-16)12-26)20(32)28-15-5-2-4-14(10-15)19(31)21-27-7-8-33-21/h1-11,19,31H,(H,28,32). The average molecular weight is 469 g/mol. The molecule has 11 heteroatoms. The van der Waals surface area contributed by atoms with E-state index in [0.29, 0.717) is 16.6 Å². The Kier molecular flexibility index (Phi) is 5.95. The third-order valence-corrected chi connectivity index (χ3v) is 5.43. The Morgan fingerprint density at radius 3 is 2.67 bits per heavy atom. The monoisotopic (exact) mass is 469 g/mol. The van der Waals surface area contributed by atoms with Crippen molar-refractivity contribution in [1.29, 1.82) is 5.26 Å². The van der Waals surface area contributed by atoms with Crippen molar-refractivity contribution in [2.24, 2.45) is 0 Å². The molecule has 4 rings (SSSR count). The van der Waals surface area contributed by atoms with Crippen LogP contribution < -0.4 is 5.32 Å². The molecule has 1 unspecified atom stereocenters. The number of amides is 1. The van der Waals surface area contributed by atoms with E-state index in [1.165, 1.54) is 47.7 Å². The van der Waals surface area contributed by atoms with Crippen LogP contribution in [0.2, 0.25) is 0 Å². The number of rotatable bonds is 5. The Hall–Kier alpha value is -4.01. The number of carbonyl (C=O) groups is 1. The van der Waals surface area contributed by atoms with E-state index in [1.54, 1.807) is 23.7 Å². The number of nitriles is 1. The molecule has 0 aliphatic carbocycles. The third-order valence-electron chi connectivity index (χ3n) is 4.60. The van der Waals surface area contributed by atoms with Crippen LogP contribution in [0.5, 0.6) is 0 Å². The van der Waals surface area contributed by atoms with Gasteiger partial charge in [-0.25, -0.2) is 9.67 Å². The van der Waals surface area contributed by atoms with Gasteiger partial charge < -0.3 is 10.4 Å². The molecule has 0 fully saturated rings. The van der Waals surface area contributed by atoms with Gasteiger partial charge in [0.1, 0.15) is 16.8 Å². The number of hydrogen-bond acceptors (Lipinski definition) is 6. The molecule has 0 radical (unpaired) electrons. The van der Waals surface area contributed by atoms with E-state index < -0.39 is 23.9 Å². The van der Waals surface area contributed by atoms with Gasteiger partial charge in [0, 0.05) is 23.3 Å². The zero-order valence-electron chi connectivity index (χ0n) is 16.6. The van der Waals surface area contributed by atoms with Crippen LogP contribution in [0.25, 0.3) is 5.69 Å². The van der Waals surface area contributed by atoms with Crippen LogP contribution in [0.15, 0.2) is 66.2 Å². The molecule has 7 nitrogen and oxygen atoms in total. The van der Waals surface area contributed by atoms with Crippen LogP contribution in [0.4, 0.5) is 18.9 Å². The number of halogens is 3. The van der Waals surface area contributed by atoms with Crippen LogP contribution >= 0.6 is 11.3 Å². The van der Waals surface area contributed by atoms with E-state index in [1.807, 2.05) is 6.07 Å². The molecule has 4 aromatic rings. The van der Waals surface area contributed by atoms with Gasteiger partial charge in [-0.15, -0.1) is 11.3 Å². The quantitative estimate of drug-likeness (QED) is 0.446. The summed E-state index contributed by atoms with van der Waals surface area (Å²) in [5.41, 5.74) is -0.574. The predicted molar refractivity (Wildman–Crippen MR) is 114 cm³/mol. The molecule has 2 heterocycles. The number of aromatic nitrogens is 3. The molecule has 2 aromatic heterocycles. The van der Waals surface area contributed by atoms with Crippen molar-refractivity contribution in [2.45, 2.75) is 12.3 Å². The van der Waals surface area contributed by atoms with Crippen molar-refractivity contribution >= 4 is 22.9 Å². The van der Waals surface area contributed by atoms with Gasteiger partial charge in [0.15, 0.2) is 5.69 Å². The lowest BCUT2D eigenvalue weighted by molar-refractivity contribution is -0.141. The van der Waals surface area contributed by atoms with Gasteiger partial charge in [-0.2, -0.15) is 23.5 Å². The van der Waals surface area contributed by atoms with Gasteiger partial charge >= 0.3 is 6.18 Å². The van der Waals surface area contributed by atoms with E-state index in [4.69, 9.17) is 5.26 Å². The summed E-state index contributed by atoms with van der Waals surface area (Å²) in [5.74, 6) is -0.846. The molecule has 2 N–H and O–H groups in total. The van der Waals surface area contributed by atoms with E-state index in [-0.39, 0.29) is 22.6 Å². The smallest absolute Gasteiger partial charge is 0.381 e. The Morgan fingerprint density at radius 1 is 1.18 bits per heavy atom. The van der Waals surface area contributed by atoms with Crippen molar-refractivity contribution in [3.63, 3.8) is 0 Å². The lowest BCUT2D eigenvalue weighted by Gasteiger charge is -2.12. The van der Waals surface area contributed by atoms with Gasteiger partial charge in [-0.05, 0) is 35.9 Å². The molecule has 0 bridgehead atoms. The van der Waals surface area contributed by atoms with Crippen molar-refractivity contribution in [3.8, 4) is 11.8 Å². The molecule has 0 saturated carbocycles. The molecule has 0 saturated heterocycles. The molecule has 33 heavy (non-hydrogen) atoms. The topological polar surface area (TPSA) is 104 Å². The molecular weight excluding hydrogens is 455 g/mol. The Balaban J connectivity index is 1.68. The number of hydrogen-bond donors (Lipinski definition) is 2. The minimum Gasteiger partial charge on any atom is -0.381 e. The van der Waals surface area contributed by atoms with Crippen molar-refractivity contribution in [1.82, 2.24) is 14.8 Å². The summed E-state index contributed by atoms with van der Waals surface area (Å²) in [6.07, 6.45) is -4.24. The highest BCUT2D eigenvalue weighted by Gasteiger charge is 2.36. The maximum Gasteiger partial charge on any atom is 0.435 e. The van der Waals surface area contributed by atoms with Crippen LogP contribution in [-0.4, -0.2) is 25.8 Å². The fourth-order valence-electron chi connectivity index (χ4n) is 3.08. The van der Waals surface area contributed by atoms with Crippen molar-refractivity contribution in [2.75, 3.05) is 5.32 Å². The zero-order valence-corrected chi connectivity index (χ0v) is 17.4. The molecular formula is C22H14F3N5O2S. The summed E-state index contributed by atoms with van der Waals surface area (Å²) in [5, 5.41) is 27.8. The van der Waals surface area contributed by atoms with E-state index in [9.17, 15) is 23.1 Å². The number of aliphatic hydroxyl groups excluding tert-OH is 1. The Bertz CT molecular complexity index is 1340. The van der Waals surface area contributed by atoms with Crippen LogP contribution in [0.3, 0.4) is 0 Å². The number of thiazole rings is 1. The number of aliphatic hydroxyl groups is 1. The van der Waals surface area contributed by atoms with E-state index in [2.05, 4.69) is 15.4 Å². The number of nitrogens with one attached hydrogen (secondary N) is 1. The molecule has 0 spiro atoms. The first kappa shape index (κ1) is 22.2. The van der Waals surface area contributed by atoms with E-state index in [0.717, 1.165) is 4.68 Å². The fourth-order valence-corrected chi connectivity index (χ4v) is 3.73. The highest BCUT2D eigenvalue weighted by Crippen LogP contribution is 2.30. The number of benzene rings is 2. The molecule has 0 aliphatic heterocycles. The van der Waals surface area contributed by atoms with Gasteiger partial charge in [-0.1, -0.05) is 18.2 Å². The highest BCUT2D eigenvalue weighted by molar-refractivity contribution is 7.09. The summed E-state index contributed by atoms with van der Waals surface area (Å²) < 4.78 is 40.8. The fraction of sp³-hybridized carbons (Fsp3) is 0.0909. The summed E-state index contributed by atoms with van der Waals surface area (Å²) in [6.45, 7) is 0. The second-order valence-corrected chi connectivity index (χ2v) is 7.77. The Labute approximate surface area is 189 Å². The summed E-state index contributed by atoms with van der Waals surface area (Å²) in [4.78, 5) is 17.0. The first-order valence-electron chi connectivity index (χ1n) is 9.43. The van der Waals surface area contributed by atoms with E-state index >= 15 is 0 Å². The first-order chi connectivity index (χ1) is 15.8. The van der Waals surface area contributed by atoms with Gasteiger partial charge in [-0.3, -0.25) is 4.79 Å². The maximum absolute atomic E-state index is 13.3. The van der Waals surface area contributed by atoms with Crippen molar-refractivity contribution in [3.05, 3.63) is 93.7 Å². The molecule has 2 aromatic carbocycles.